The molecule has 0 saturated heterocycles. The Morgan fingerprint density at radius 3 is 2.62 bits per heavy atom. The van der Waals surface area contributed by atoms with Crippen LogP contribution in [0.15, 0.2) is 46.9 Å². The minimum atomic E-state index is -0.0611. The summed E-state index contributed by atoms with van der Waals surface area (Å²) in [6.07, 6.45) is 5.60. The van der Waals surface area contributed by atoms with E-state index < -0.39 is 0 Å². The van der Waals surface area contributed by atoms with E-state index in [4.69, 9.17) is 28.6 Å². The summed E-state index contributed by atoms with van der Waals surface area (Å²) < 4.78 is 7.49. The van der Waals surface area contributed by atoms with Crippen molar-refractivity contribution in [1.29, 1.82) is 0 Å². The maximum absolute atomic E-state index is 6.44. The van der Waals surface area contributed by atoms with Crippen molar-refractivity contribution in [3.63, 3.8) is 0 Å². The van der Waals surface area contributed by atoms with Gasteiger partial charge in [-0.05, 0) is 80.4 Å². The molecule has 0 bridgehead atoms. The Kier molecular flexibility index (Phi) is 5.13. The van der Waals surface area contributed by atoms with Crippen LogP contribution in [0.4, 0.5) is 5.69 Å². The first kappa shape index (κ1) is 18.1. The van der Waals surface area contributed by atoms with E-state index in [-0.39, 0.29) is 11.6 Å². The number of hydrogen-bond acceptors (Lipinski definition) is 2. The molecular weight excluding hydrogens is 432 g/mol. The normalized spacial score (nSPS) is 20.3. The largest absolute Gasteiger partial charge is 0.487 e. The zero-order valence-electron chi connectivity index (χ0n) is 14.2. The highest BCUT2D eigenvalue weighted by Crippen LogP contribution is 2.47. The molecule has 136 valence electrons. The highest BCUT2D eigenvalue weighted by atomic mass is 79.9. The Morgan fingerprint density at radius 2 is 1.88 bits per heavy atom. The van der Waals surface area contributed by atoms with Crippen LogP contribution in [-0.2, 0) is 0 Å². The molecule has 6 heteroatoms. The molecule has 4 rings (SSSR count). The Balaban J connectivity index is 1.55. The lowest BCUT2D eigenvalue weighted by molar-refractivity contribution is 0.0398. The summed E-state index contributed by atoms with van der Waals surface area (Å²) in [5, 5.41) is 8.07. The first-order valence-corrected chi connectivity index (χ1v) is 10.4. The topological polar surface area (TPSA) is 33.3 Å². The molecule has 2 aliphatic rings. The first-order valence-electron chi connectivity index (χ1n) is 8.85. The molecule has 1 atom stereocenters. The number of halogens is 2. The average molecular weight is 452 g/mol. The van der Waals surface area contributed by atoms with Crippen molar-refractivity contribution < 1.29 is 4.74 Å². The number of nitrogens with one attached hydrogen (secondary N) is 2. The van der Waals surface area contributed by atoms with Crippen LogP contribution in [0.25, 0.3) is 0 Å². The molecule has 0 amide bonds. The van der Waals surface area contributed by atoms with Crippen LogP contribution in [0.2, 0.25) is 5.02 Å². The number of benzene rings is 2. The van der Waals surface area contributed by atoms with Gasteiger partial charge in [-0.1, -0.05) is 27.5 Å². The number of ether oxygens (including phenoxy) is 1. The first-order chi connectivity index (χ1) is 12.5. The molecule has 3 nitrogen and oxygen atoms in total. The fourth-order valence-electron chi connectivity index (χ4n) is 3.95. The summed E-state index contributed by atoms with van der Waals surface area (Å²) in [5.41, 5.74) is 2.01. The van der Waals surface area contributed by atoms with Crippen molar-refractivity contribution in [1.82, 2.24) is 5.32 Å². The zero-order chi connectivity index (χ0) is 18.1. The Labute approximate surface area is 172 Å². The number of fused-ring (bicyclic) bond motifs is 1. The van der Waals surface area contributed by atoms with Gasteiger partial charge < -0.3 is 15.4 Å². The molecule has 2 aromatic rings. The highest BCUT2D eigenvalue weighted by Gasteiger charge is 2.43. The number of thiocarbonyl (C=S) groups is 1. The second kappa shape index (κ2) is 7.37. The van der Waals surface area contributed by atoms with Crippen molar-refractivity contribution in [2.45, 2.75) is 43.7 Å². The van der Waals surface area contributed by atoms with E-state index in [1.807, 2.05) is 30.3 Å². The molecule has 1 aliphatic heterocycles. The molecule has 0 aromatic heterocycles. The Bertz CT molecular complexity index is 821. The van der Waals surface area contributed by atoms with E-state index in [1.54, 1.807) is 0 Å². The number of anilines is 1. The van der Waals surface area contributed by atoms with E-state index in [0.29, 0.717) is 10.1 Å². The van der Waals surface area contributed by atoms with Crippen molar-refractivity contribution in [2.24, 2.45) is 0 Å². The standard InChI is InChI=1S/C20H20BrClN2OS/c21-13-3-8-18-16(11-13)17(12-20(25-18)9-1-2-10-20)24-19(26)23-15-6-4-14(22)5-7-15/h3-8,11,17H,1-2,9-10,12H2,(H2,23,24,26). The molecule has 1 fully saturated rings. The van der Waals surface area contributed by atoms with Crippen molar-refractivity contribution in [3.8, 4) is 5.75 Å². The molecule has 1 aliphatic carbocycles. The molecule has 2 N–H and O–H groups in total. The molecule has 26 heavy (non-hydrogen) atoms. The van der Waals surface area contributed by atoms with E-state index in [2.05, 4.69) is 38.7 Å². The van der Waals surface area contributed by atoms with Gasteiger partial charge in [0.15, 0.2) is 5.11 Å². The summed E-state index contributed by atoms with van der Waals surface area (Å²) in [6.45, 7) is 0. The quantitative estimate of drug-likeness (QED) is 0.531. The number of rotatable bonds is 2. The number of hydrogen-bond donors (Lipinski definition) is 2. The molecule has 1 unspecified atom stereocenters. The summed E-state index contributed by atoms with van der Waals surface area (Å²) in [6, 6.07) is 13.9. The van der Waals surface area contributed by atoms with Crippen LogP contribution in [0, 0.1) is 0 Å². The molecule has 0 radical (unpaired) electrons. The molecule has 1 spiro atoms. The van der Waals surface area contributed by atoms with Gasteiger partial charge in [0.05, 0.1) is 6.04 Å². The molecular formula is C20H20BrClN2OS. The molecule has 2 aromatic carbocycles. The lowest BCUT2D eigenvalue weighted by Crippen LogP contribution is -2.44. The zero-order valence-corrected chi connectivity index (χ0v) is 17.4. The lowest BCUT2D eigenvalue weighted by atomic mass is 9.86. The SMILES string of the molecule is S=C(Nc1ccc(Cl)cc1)NC1CC2(CCCC2)Oc2ccc(Br)cc21. The predicted octanol–water partition coefficient (Wildman–Crippen LogP) is 6.23. The fourth-order valence-corrected chi connectivity index (χ4v) is 4.72. The summed E-state index contributed by atoms with van der Waals surface area (Å²) in [7, 11) is 0. The summed E-state index contributed by atoms with van der Waals surface area (Å²) >= 11 is 15.1. The average Bonchev–Trinajstić information content (AvgIpc) is 3.05. The van der Waals surface area contributed by atoms with Crippen molar-refractivity contribution >= 4 is 50.5 Å². The van der Waals surface area contributed by atoms with E-state index in [0.717, 1.165) is 40.7 Å². The monoisotopic (exact) mass is 450 g/mol. The maximum atomic E-state index is 6.44. The van der Waals surface area contributed by atoms with Gasteiger partial charge in [-0.15, -0.1) is 0 Å². The fraction of sp³-hybridized carbons (Fsp3) is 0.350. The van der Waals surface area contributed by atoms with Crippen LogP contribution < -0.4 is 15.4 Å². The van der Waals surface area contributed by atoms with Gasteiger partial charge in [0, 0.05) is 27.2 Å². The highest BCUT2D eigenvalue weighted by molar-refractivity contribution is 9.10. The third-order valence-corrected chi connectivity index (χ3v) is 6.14. The third kappa shape index (κ3) is 3.85. The van der Waals surface area contributed by atoms with E-state index in [9.17, 15) is 0 Å². The van der Waals surface area contributed by atoms with Crippen molar-refractivity contribution in [3.05, 3.63) is 57.5 Å². The van der Waals surface area contributed by atoms with Gasteiger partial charge >= 0.3 is 0 Å². The molecule has 1 heterocycles. The van der Waals surface area contributed by atoms with Crippen LogP contribution in [0.3, 0.4) is 0 Å². The maximum Gasteiger partial charge on any atom is 0.171 e. The summed E-state index contributed by atoms with van der Waals surface area (Å²) in [5.74, 6) is 0.966. The Hall–Kier alpha value is -1.30. The second-order valence-electron chi connectivity index (χ2n) is 7.04. The molecule has 1 saturated carbocycles. The van der Waals surface area contributed by atoms with Gasteiger partial charge in [0.1, 0.15) is 11.4 Å². The van der Waals surface area contributed by atoms with Crippen LogP contribution in [0.1, 0.15) is 43.7 Å². The van der Waals surface area contributed by atoms with Crippen LogP contribution in [-0.4, -0.2) is 10.7 Å². The van der Waals surface area contributed by atoms with Gasteiger partial charge in [-0.25, -0.2) is 0 Å². The van der Waals surface area contributed by atoms with E-state index in [1.165, 1.54) is 12.8 Å². The second-order valence-corrected chi connectivity index (χ2v) is 8.80. The van der Waals surface area contributed by atoms with Gasteiger partial charge in [0.25, 0.3) is 0 Å². The summed E-state index contributed by atoms with van der Waals surface area (Å²) in [4.78, 5) is 0. The van der Waals surface area contributed by atoms with Gasteiger partial charge in [0.2, 0.25) is 0 Å². The van der Waals surface area contributed by atoms with Gasteiger partial charge in [-0.2, -0.15) is 0 Å². The minimum absolute atomic E-state index is 0.0611. The minimum Gasteiger partial charge on any atom is -0.487 e. The van der Waals surface area contributed by atoms with Gasteiger partial charge in [-0.3, -0.25) is 0 Å². The van der Waals surface area contributed by atoms with Crippen LogP contribution in [0.5, 0.6) is 5.75 Å². The smallest absolute Gasteiger partial charge is 0.171 e. The third-order valence-electron chi connectivity index (χ3n) is 5.17. The Morgan fingerprint density at radius 1 is 1.15 bits per heavy atom. The van der Waals surface area contributed by atoms with Crippen LogP contribution >= 0.6 is 39.7 Å². The predicted molar refractivity (Wildman–Crippen MR) is 114 cm³/mol. The van der Waals surface area contributed by atoms with Crippen molar-refractivity contribution in [2.75, 3.05) is 5.32 Å². The lowest BCUT2D eigenvalue weighted by Gasteiger charge is -2.40. The van der Waals surface area contributed by atoms with E-state index >= 15 is 0 Å².